The third kappa shape index (κ3) is 3.84. The molecule has 0 amide bonds. The molecule has 0 bridgehead atoms. The first-order valence-electron chi connectivity index (χ1n) is 7.70. The minimum Gasteiger partial charge on any atom is -0.302 e. The number of hydrogen-bond donors (Lipinski definition) is 0. The van der Waals surface area contributed by atoms with Gasteiger partial charge in [-0.15, -0.1) is 0 Å². The SMILES string of the molecule is CC(C)(C)c1ccc(C2CCN(CCC#N)CC2)cc1. The van der Waals surface area contributed by atoms with Crippen LogP contribution in [0.3, 0.4) is 0 Å². The highest BCUT2D eigenvalue weighted by molar-refractivity contribution is 5.29. The van der Waals surface area contributed by atoms with Gasteiger partial charge in [-0.05, 0) is 48.4 Å². The van der Waals surface area contributed by atoms with Crippen molar-refractivity contribution in [2.24, 2.45) is 0 Å². The number of likely N-dealkylation sites (tertiary alicyclic amines) is 1. The zero-order chi connectivity index (χ0) is 14.6. The van der Waals surface area contributed by atoms with E-state index in [-0.39, 0.29) is 5.41 Å². The fourth-order valence-electron chi connectivity index (χ4n) is 2.95. The average Bonchev–Trinajstić information content (AvgIpc) is 2.45. The van der Waals surface area contributed by atoms with Crippen LogP contribution in [0.1, 0.15) is 57.1 Å². The Morgan fingerprint density at radius 1 is 1.15 bits per heavy atom. The Balaban J connectivity index is 1.92. The number of piperidine rings is 1. The molecule has 0 aromatic heterocycles. The number of nitrogens with zero attached hydrogens (tertiary/aromatic N) is 2. The maximum atomic E-state index is 8.64. The van der Waals surface area contributed by atoms with Crippen molar-refractivity contribution < 1.29 is 0 Å². The van der Waals surface area contributed by atoms with E-state index >= 15 is 0 Å². The summed E-state index contributed by atoms with van der Waals surface area (Å²) in [5.74, 6) is 0.697. The van der Waals surface area contributed by atoms with Gasteiger partial charge in [-0.2, -0.15) is 5.26 Å². The van der Waals surface area contributed by atoms with Crippen molar-refractivity contribution in [1.29, 1.82) is 5.26 Å². The quantitative estimate of drug-likeness (QED) is 0.827. The highest BCUT2D eigenvalue weighted by Crippen LogP contribution is 2.30. The van der Waals surface area contributed by atoms with Gasteiger partial charge < -0.3 is 4.90 Å². The molecule has 1 saturated heterocycles. The number of benzene rings is 1. The summed E-state index contributed by atoms with van der Waals surface area (Å²) in [5.41, 5.74) is 3.13. The molecule has 20 heavy (non-hydrogen) atoms. The van der Waals surface area contributed by atoms with Gasteiger partial charge in [0.2, 0.25) is 0 Å². The van der Waals surface area contributed by atoms with E-state index in [1.54, 1.807) is 0 Å². The van der Waals surface area contributed by atoms with Crippen molar-refractivity contribution in [2.45, 2.75) is 51.4 Å². The molecule has 1 heterocycles. The van der Waals surface area contributed by atoms with E-state index in [0.717, 1.165) is 19.6 Å². The topological polar surface area (TPSA) is 27.0 Å². The molecular formula is C18H26N2. The first-order chi connectivity index (χ1) is 9.50. The summed E-state index contributed by atoms with van der Waals surface area (Å²) in [6.07, 6.45) is 3.10. The molecule has 1 aliphatic rings. The van der Waals surface area contributed by atoms with Crippen LogP contribution in [-0.4, -0.2) is 24.5 Å². The Labute approximate surface area is 123 Å². The average molecular weight is 270 g/mol. The lowest BCUT2D eigenvalue weighted by molar-refractivity contribution is 0.216. The molecule has 0 atom stereocenters. The Hall–Kier alpha value is -1.33. The van der Waals surface area contributed by atoms with Crippen molar-refractivity contribution in [3.63, 3.8) is 0 Å². The fraction of sp³-hybridized carbons (Fsp3) is 0.611. The second-order valence-corrected chi connectivity index (χ2v) is 6.90. The van der Waals surface area contributed by atoms with Crippen LogP contribution in [0.4, 0.5) is 0 Å². The van der Waals surface area contributed by atoms with Crippen LogP contribution in [0, 0.1) is 11.3 Å². The largest absolute Gasteiger partial charge is 0.302 e. The molecule has 1 aromatic carbocycles. The van der Waals surface area contributed by atoms with E-state index in [9.17, 15) is 0 Å². The molecule has 2 heteroatoms. The summed E-state index contributed by atoms with van der Waals surface area (Å²) in [7, 11) is 0. The second kappa shape index (κ2) is 6.41. The Morgan fingerprint density at radius 3 is 2.25 bits per heavy atom. The minimum atomic E-state index is 0.235. The summed E-state index contributed by atoms with van der Waals surface area (Å²) >= 11 is 0. The van der Waals surface area contributed by atoms with Gasteiger partial charge in [-0.3, -0.25) is 0 Å². The fourth-order valence-corrected chi connectivity index (χ4v) is 2.95. The third-order valence-corrected chi connectivity index (χ3v) is 4.38. The van der Waals surface area contributed by atoms with E-state index < -0.39 is 0 Å². The van der Waals surface area contributed by atoms with Crippen molar-refractivity contribution in [1.82, 2.24) is 4.90 Å². The van der Waals surface area contributed by atoms with Crippen LogP contribution in [-0.2, 0) is 5.41 Å². The highest BCUT2D eigenvalue weighted by atomic mass is 15.1. The molecule has 1 fully saturated rings. The monoisotopic (exact) mass is 270 g/mol. The Kier molecular flexibility index (Phi) is 4.83. The highest BCUT2D eigenvalue weighted by Gasteiger charge is 2.21. The van der Waals surface area contributed by atoms with Crippen LogP contribution in [0.2, 0.25) is 0 Å². The zero-order valence-corrected chi connectivity index (χ0v) is 13.0. The van der Waals surface area contributed by atoms with Gasteiger partial charge in [-0.25, -0.2) is 0 Å². The first-order valence-corrected chi connectivity index (χ1v) is 7.70. The van der Waals surface area contributed by atoms with E-state index in [1.165, 1.54) is 24.0 Å². The van der Waals surface area contributed by atoms with Crippen molar-refractivity contribution in [3.8, 4) is 6.07 Å². The predicted octanol–water partition coefficient (Wildman–Crippen LogP) is 4.08. The molecule has 0 radical (unpaired) electrons. The molecule has 2 nitrogen and oxygen atoms in total. The number of nitriles is 1. The molecule has 0 saturated carbocycles. The standard InChI is InChI=1S/C18H26N2/c1-18(2,3)17-7-5-15(6-8-17)16-9-13-20(14-10-16)12-4-11-19/h5-8,16H,4,9-10,12-14H2,1-3H3. The van der Waals surface area contributed by atoms with E-state index in [0.29, 0.717) is 12.3 Å². The molecule has 0 N–H and O–H groups in total. The summed E-state index contributed by atoms with van der Waals surface area (Å²) in [5, 5.41) is 8.64. The summed E-state index contributed by atoms with van der Waals surface area (Å²) < 4.78 is 0. The molecule has 2 rings (SSSR count). The third-order valence-electron chi connectivity index (χ3n) is 4.38. The normalized spacial score (nSPS) is 17.9. The molecular weight excluding hydrogens is 244 g/mol. The Morgan fingerprint density at radius 2 is 1.75 bits per heavy atom. The summed E-state index contributed by atoms with van der Waals surface area (Å²) in [6, 6.07) is 11.4. The van der Waals surface area contributed by atoms with Crippen LogP contribution in [0.25, 0.3) is 0 Å². The van der Waals surface area contributed by atoms with Gasteiger partial charge in [-0.1, -0.05) is 45.0 Å². The maximum absolute atomic E-state index is 8.64. The number of hydrogen-bond acceptors (Lipinski definition) is 2. The van der Waals surface area contributed by atoms with Crippen LogP contribution in [0.15, 0.2) is 24.3 Å². The second-order valence-electron chi connectivity index (χ2n) is 6.90. The zero-order valence-electron chi connectivity index (χ0n) is 13.0. The maximum Gasteiger partial charge on any atom is 0.0635 e. The van der Waals surface area contributed by atoms with Gasteiger partial charge in [0.05, 0.1) is 6.07 Å². The van der Waals surface area contributed by atoms with Crippen molar-refractivity contribution in [3.05, 3.63) is 35.4 Å². The smallest absolute Gasteiger partial charge is 0.0635 e. The molecule has 0 unspecified atom stereocenters. The molecule has 1 aromatic rings. The van der Waals surface area contributed by atoms with Gasteiger partial charge in [0.1, 0.15) is 0 Å². The number of rotatable bonds is 3. The molecule has 108 valence electrons. The van der Waals surface area contributed by atoms with Crippen LogP contribution < -0.4 is 0 Å². The lowest BCUT2D eigenvalue weighted by Gasteiger charge is -2.32. The molecule has 1 aliphatic heterocycles. The van der Waals surface area contributed by atoms with E-state index in [2.05, 4.69) is 56.0 Å². The lowest BCUT2D eigenvalue weighted by Crippen LogP contribution is -2.33. The van der Waals surface area contributed by atoms with Gasteiger partial charge >= 0.3 is 0 Å². The lowest BCUT2D eigenvalue weighted by atomic mass is 9.84. The van der Waals surface area contributed by atoms with E-state index in [1.807, 2.05) is 0 Å². The van der Waals surface area contributed by atoms with Gasteiger partial charge in [0, 0.05) is 13.0 Å². The predicted molar refractivity (Wildman–Crippen MR) is 83.8 cm³/mol. The van der Waals surface area contributed by atoms with Gasteiger partial charge in [0.15, 0.2) is 0 Å². The van der Waals surface area contributed by atoms with E-state index in [4.69, 9.17) is 5.26 Å². The van der Waals surface area contributed by atoms with Crippen molar-refractivity contribution in [2.75, 3.05) is 19.6 Å². The minimum absolute atomic E-state index is 0.235. The summed E-state index contributed by atoms with van der Waals surface area (Å²) in [4.78, 5) is 2.42. The van der Waals surface area contributed by atoms with Crippen molar-refractivity contribution >= 4 is 0 Å². The van der Waals surface area contributed by atoms with Gasteiger partial charge in [0.25, 0.3) is 0 Å². The van der Waals surface area contributed by atoms with Crippen LogP contribution in [0.5, 0.6) is 0 Å². The van der Waals surface area contributed by atoms with Crippen LogP contribution >= 0.6 is 0 Å². The Bertz CT molecular complexity index is 454. The molecule has 0 aliphatic carbocycles. The first kappa shape index (κ1) is 15.1. The molecule has 0 spiro atoms. The summed E-state index contributed by atoms with van der Waals surface area (Å²) in [6.45, 7) is 9.98.